The molecule has 5 nitrogen and oxygen atoms in total. The standard InChI is InChI=1S/C21H21FN2O3S/c1-23(28(26,27)17-9-6-15(22)7-10-17)16-8-11-21-19(12-13-25)18-4-2-3-5-20(18)24(21)14-16/h2-7,9-10,13,16H,8,11-12,14H2,1H3/t16-/m1/s1. The fourth-order valence-electron chi connectivity index (χ4n) is 4.10. The molecule has 1 aromatic heterocycles. The van der Waals surface area contributed by atoms with Crippen LogP contribution in [0.4, 0.5) is 4.39 Å². The van der Waals surface area contributed by atoms with Crippen molar-refractivity contribution in [1.82, 2.24) is 8.87 Å². The van der Waals surface area contributed by atoms with Crippen LogP contribution in [0.25, 0.3) is 10.9 Å². The van der Waals surface area contributed by atoms with E-state index in [2.05, 4.69) is 4.57 Å². The van der Waals surface area contributed by atoms with Gasteiger partial charge in [-0.05, 0) is 48.7 Å². The van der Waals surface area contributed by atoms with Crippen LogP contribution in [0.2, 0.25) is 0 Å². The van der Waals surface area contributed by atoms with Crippen LogP contribution in [0.1, 0.15) is 17.7 Å². The maximum Gasteiger partial charge on any atom is 0.243 e. The summed E-state index contributed by atoms with van der Waals surface area (Å²) in [5.41, 5.74) is 3.16. The molecular weight excluding hydrogens is 379 g/mol. The number of fused-ring (bicyclic) bond motifs is 3. The highest BCUT2D eigenvalue weighted by Gasteiger charge is 2.32. The number of carbonyl (C=O) groups is 1. The third-order valence-electron chi connectivity index (χ3n) is 5.59. The average Bonchev–Trinajstić information content (AvgIpc) is 3.01. The number of halogens is 1. The predicted octanol–water partition coefficient (Wildman–Crippen LogP) is 3.16. The maximum absolute atomic E-state index is 13.2. The molecule has 146 valence electrons. The van der Waals surface area contributed by atoms with Gasteiger partial charge in [0.25, 0.3) is 0 Å². The van der Waals surface area contributed by atoms with Gasteiger partial charge in [0.1, 0.15) is 12.1 Å². The Morgan fingerprint density at radius 1 is 1.18 bits per heavy atom. The van der Waals surface area contributed by atoms with Crippen LogP contribution in [-0.4, -0.2) is 36.7 Å². The number of aromatic nitrogens is 1. The first-order valence-corrected chi connectivity index (χ1v) is 10.6. The summed E-state index contributed by atoms with van der Waals surface area (Å²) in [6.45, 7) is 0.519. The number of likely N-dealkylation sites (N-methyl/N-ethyl adjacent to an activating group) is 1. The van der Waals surface area contributed by atoms with Crippen LogP contribution in [0.15, 0.2) is 53.4 Å². The van der Waals surface area contributed by atoms with Crippen molar-refractivity contribution < 1.29 is 17.6 Å². The second kappa shape index (κ2) is 7.14. The summed E-state index contributed by atoms with van der Waals surface area (Å²) >= 11 is 0. The molecule has 0 amide bonds. The van der Waals surface area contributed by atoms with E-state index < -0.39 is 15.8 Å². The first kappa shape index (κ1) is 18.8. The number of benzene rings is 2. The predicted molar refractivity (Wildman–Crippen MR) is 105 cm³/mol. The summed E-state index contributed by atoms with van der Waals surface area (Å²) in [6.07, 6.45) is 2.64. The summed E-state index contributed by atoms with van der Waals surface area (Å²) < 4.78 is 42.6. The molecular formula is C21H21FN2O3S. The summed E-state index contributed by atoms with van der Waals surface area (Å²) in [6, 6.07) is 12.6. The Balaban J connectivity index is 1.70. The Morgan fingerprint density at radius 3 is 2.61 bits per heavy atom. The second-order valence-corrected chi connectivity index (χ2v) is 9.09. The lowest BCUT2D eigenvalue weighted by atomic mass is 10.0. The number of hydrogen-bond acceptors (Lipinski definition) is 3. The van der Waals surface area contributed by atoms with Crippen molar-refractivity contribution in [1.29, 1.82) is 0 Å². The molecule has 1 atom stereocenters. The molecule has 2 aromatic carbocycles. The van der Waals surface area contributed by atoms with Crippen LogP contribution in [0.5, 0.6) is 0 Å². The molecule has 2 heterocycles. The van der Waals surface area contributed by atoms with Crippen molar-refractivity contribution in [2.45, 2.75) is 36.7 Å². The molecule has 7 heteroatoms. The second-order valence-electron chi connectivity index (χ2n) is 7.09. The zero-order chi connectivity index (χ0) is 19.9. The van der Waals surface area contributed by atoms with Gasteiger partial charge >= 0.3 is 0 Å². The lowest BCUT2D eigenvalue weighted by molar-refractivity contribution is -0.107. The summed E-state index contributed by atoms with van der Waals surface area (Å²) in [5, 5.41) is 1.05. The summed E-state index contributed by atoms with van der Waals surface area (Å²) in [5.74, 6) is -0.467. The molecule has 0 N–H and O–H groups in total. The van der Waals surface area contributed by atoms with Gasteiger partial charge in [0, 0.05) is 42.7 Å². The third kappa shape index (κ3) is 3.04. The van der Waals surface area contributed by atoms with Crippen LogP contribution < -0.4 is 0 Å². The van der Waals surface area contributed by atoms with E-state index >= 15 is 0 Å². The highest BCUT2D eigenvalue weighted by molar-refractivity contribution is 7.89. The van der Waals surface area contributed by atoms with Gasteiger partial charge in [-0.15, -0.1) is 0 Å². The van der Waals surface area contributed by atoms with Gasteiger partial charge in [-0.1, -0.05) is 18.2 Å². The fourth-order valence-corrected chi connectivity index (χ4v) is 5.48. The van der Waals surface area contributed by atoms with Crippen LogP contribution >= 0.6 is 0 Å². The van der Waals surface area contributed by atoms with E-state index in [4.69, 9.17) is 0 Å². The van der Waals surface area contributed by atoms with Gasteiger partial charge in [0.15, 0.2) is 0 Å². The third-order valence-corrected chi connectivity index (χ3v) is 7.52. The molecule has 0 saturated carbocycles. The zero-order valence-electron chi connectivity index (χ0n) is 15.5. The number of hydrogen-bond donors (Lipinski definition) is 0. The van der Waals surface area contributed by atoms with E-state index in [1.807, 2.05) is 24.3 Å². The van der Waals surface area contributed by atoms with Crippen molar-refractivity contribution in [3.05, 3.63) is 65.6 Å². The van der Waals surface area contributed by atoms with Gasteiger partial charge in [-0.2, -0.15) is 4.31 Å². The normalized spacial score (nSPS) is 17.0. The molecule has 0 aliphatic carbocycles. The first-order valence-electron chi connectivity index (χ1n) is 9.19. The van der Waals surface area contributed by atoms with Crippen molar-refractivity contribution in [2.24, 2.45) is 0 Å². The molecule has 4 rings (SSSR count). The minimum Gasteiger partial charge on any atom is -0.343 e. The summed E-state index contributed by atoms with van der Waals surface area (Å²) in [4.78, 5) is 11.2. The molecule has 3 aromatic rings. The smallest absolute Gasteiger partial charge is 0.243 e. The monoisotopic (exact) mass is 400 g/mol. The lowest BCUT2D eigenvalue weighted by Crippen LogP contribution is -2.42. The molecule has 1 aliphatic heterocycles. The molecule has 0 radical (unpaired) electrons. The van der Waals surface area contributed by atoms with Crippen molar-refractivity contribution in [3.8, 4) is 0 Å². The van der Waals surface area contributed by atoms with Crippen LogP contribution in [0.3, 0.4) is 0 Å². The van der Waals surface area contributed by atoms with Crippen LogP contribution in [0, 0.1) is 5.82 Å². The number of sulfonamides is 1. The average molecular weight is 400 g/mol. The molecule has 0 fully saturated rings. The Labute approximate surface area is 163 Å². The van der Waals surface area contributed by atoms with E-state index in [-0.39, 0.29) is 10.9 Å². The largest absolute Gasteiger partial charge is 0.343 e. The molecule has 0 saturated heterocycles. The van der Waals surface area contributed by atoms with Gasteiger partial charge in [0.2, 0.25) is 10.0 Å². The number of carbonyl (C=O) groups excluding carboxylic acids is 1. The first-order chi connectivity index (χ1) is 13.4. The lowest BCUT2D eigenvalue weighted by Gasteiger charge is -2.32. The molecule has 0 spiro atoms. The minimum atomic E-state index is -3.72. The van der Waals surface area contributed by atoms with E-state index in [0.29, 0.717) is 25.8 Å². The van der Waals surface area contributed by atoms with Crippen molar-refractivity contribution in [3.63, 3.8) is 0 Å². The van der Waals surface area contributed by atoms with Crippen LogP contribution in [-0.2, 0) is 34.2 Å². The minimum absolute atomic E-state index is 0.0844. The van der Waals surface area contributed by atoms with E-state index in [9.17, 15) is 17.6 Å². The van der Waals surface area contributed by atoms with E-state index in [1.54, 1.807) is 7.05 Å². The van der Waals surface area contributed by atoms with E-state index in [1.165, 1.54) is 16.4 Å². The highest BCUT2D eigenvalue weighted by atomic mass is 32.2. The quantitative estimate of drug-likeness (QED) is 0.618. The highest BCUT2D eigenvalue weighted by Crippen LogP contribution is 2.33. The molecule has 1 aliphatic rings. The number of nitrogens with zero attached hydrogens (tertiary/aromatic N) is 2. The van der Waals surface area contributed by atoms with Crippen molar-refractivity contribution in [2.75, 3.05) is 7.05 Å². The Morgan fingerprint density at radius 2 is 1.89 bits per heavy atom. The molecule has 28 heavy (non-hydrogen) atoms. The molecule has 0 unspecified atom stereocenters. The SMILES string of the molecule is CN([C@@H]1CCc2c(CC=O)c3ccccc3n2C1)S(=O)(=O)c1ccc(F)cc1. The summed E-state index contributed by atoms with van der Waals surface area (Å²) in [7, 11) is -2.14. The van der Waals surface area contributed by atoms with Gasteiger partial charge < -0.3 is 9.36 Å². The Bertz CT molecular complexity index is 1140. The molecule has 0 bridgehead atoms. The van der Waals surface area contributed by atoms with E-state index in [0.717, 1.165) is 40.6 Å². The van der Waals surface area contributed by atoms with Crippen molar-refractivity contribution >= 4 is 27.2 Å². The van der Waals surface area contributed by atoms with Gasteiger partial charge in [-0.25, -0.2) is 12.8 Å². The Kier molecular flexibility index (Phi) is 4.81. The number of aldehydes is 1. The Hall–Kier alpha value is -2.51. The van der Waals surface area contributed by atoms with Gasteiger partial charge in [-0.3, -0.25) is 0 Å². The van der Waals surface area contributed by atoms with Gasteiger partial charge in [0.05, 0.1) is 4.90 Å². The number of para-hydroxylation sites is 1. The topological polar surface area (TPSA) is 59.4 Å². The zero-order valence-corrected chi connectivity index (χ0v) is 16.3. The fraction of sp³-hybridized carbons (Fsp3) is 0.286. The number of rotatable bonds is 5. The maximum atomic E-state index is 13.2.